The van der Waals surface area contributed by atoms with Crippen molar-refractivity contribution < 1.29 is 79.2 Å². The monoisotopic (exact) mass is 1480 g/mol. The van der Waals surface area contributed by atoms with Crippen LogP contribution >= 0.6 is 27.0 Å². The molecule has 12 rings (SSSR count). The number of halogens is 4. The van der Waals surface area contributed by atoms with Gasteiger partial charge in [0.15, 0.2) is 5.03 Å². The van der Waals surface area contributed by atoms with Crippen molar-refractivity contribution in [3.05, 3.63) is 167 Å². The molecule has 6 aromatic carbocycles. The number of hydrogen-bond donors (Lipinski definition) is 3. The van der Waals surface area contributed by atoms with Crippen molar-refractivity contribution in [2.45, 2.75) is 73.9 Å². The normalized spacial score (nSPS) is 15.8. The Labute approximate surface area is 583 Å². The molecule has 0 bridgehead atoms. The van der Waals surface area contributed by atoms with E-state index in [1.165, 1.54) is 134 Å². The Morgan fingerprint density at radius 3 is 1.44 bits per heavy atom. The van der Waals surface area contributed by atoms with Crippen LogP contribution in [0.5, 0.6) is 0 Å². The zero-order valence-electron chi connectivity index (χ0n) is 55.0. The molecule has 2 saturated heterocycles. The Morgan fingerprint density at radius 2 is 1.02 bits per heavy atom. The number of nitrogens with zero attached hydrogens (tertiary/aromatic N) is 5. The van der Waals surface area contributed by atoms with Crippen molar-refractivity contribution in [1.82, 2.24) is 28.8 Å². The number of piperidine rings is 2. The predicted molar refractivity (Wildman–Crippen MR) is 381 cm³/mol. The van der Waals surface area contributed by atoms with E-state index in [9.17, 15) is 61.2 Å². The number of aromatic amines is 1. The van der Waals surface area contributed by atoms with Crippen LogP contribution in [0, 0.1) is 23.3 Å². The summed E-state index contributed by atoms with van der Waals surface area (Å²) in [6.07, 6.45) is 2.78. The lowest BCUT2D eigenvalue weighted by atomic mass is 9.89. The summed E-state index contributed by atoms with van der Waals surface area (Å²) in [6, 6.07) is 28.1. The van der Waals surface area contributed by atoms with Gasteiger partial charge in [-0.05, 0) is 154 Å². The third-order valence-corrected chi connectivity index (χ3v) is 23.2. The molecule has 32 heteroatoms. The van der Waals surface area contributed by atoms with Gasteiger partial charge in [0, 0.05) is 99.2 Å². The number of carbonyl (C=O) groups excluding carboxylic acids is 3. The van der Waals surface area contributed by atoms with Crippen molar-refractivity contribution in [2.24, 2.45) is 0 Å². The number of fused-ring (bicyclic) bond motifs is 4. The number of furan rings is 2. The van der Waals surface area contributed by atoms with Gasteiger partial charge >= 0.3 is 6.09 Å². The maximum atomic E-state index is 15.2. The third kappa shape index (κ3) is 14.7. The van der Waals surface area contributed by atoms with Crippen LogP contribution in [0.1, 0.15) is 90.1 Å². The summed E-state index contributed by atoms with van der Waals surface area (Å²) in [5.41, 5.74) is 1.78. The number of anilines is 2. The fraction of sp³-hybridized carbons (Fsp3) is 0.299. The molecule has 0 radical (unpaired) electrons. The molecule has 6 heterocycles. The lowest BCUT2D eigenvalue weighted by Gasteiger charge is -2.34. The number of carbonyl (C=O) groups is 3. The molecule has 2 atom stereocenters. The topological polar surface area (TPSA) is 281 Å². The number of H-pyrrole nitrogens is 1. The van der Waals surface area contributed by atoms with Gasteiger partial charge < -0.3 is 29.2 Å². The van der Waals surface area contributed by atoms with Crippen LogP contribution in [-0.4, -0.2) is 142 Å². The zero-order chi connectivity index (χ0) is 70.2. The number of sulfonamides is 4. The number of hydrogen-bond acceptors (Lipinski definition) is 14. The standard InChI is InChI=1S/C36H38F2N4O8S2.C31H30F2N4O6S2.2H2S/c1-36(2,3)50-35(44)42-30(17-22-9-7-11-27(38)32(22)42)52(47,48)41-16-8-10-23(20-41)25-18-26-29(19-28(25)40(5)51(6,45)46)49-33(31(26)34(43)39-4)21-12-14-24(37)15-13-21;1-34-31(38)28-23-15-22(25(36(2)44(3,39)40)16-26(23)43-30(28)18-9-11-21(32)12-10-18)20-7-5-13-37(17-20)45(41,42)27-14-19-6-4-8-24(33)29(19)35-27;;/h7,9,11-15,17-19,23H,8,10,16,20H2,1-6H3,(H,39,43);4,6,8-12,14-16,20,35H,5,7,13,17H2,1-3H3,(H,34,38);2*1H2/t23-;20-;;/m11../s1. The van der Waals surface area contributed by atoms with E-state index >= 15 is 4.39 Å². The van der Waals surface area contributed by atoms with E-state index in [0.717, 1.165) is 31.8 Å². The maximum Gasteiger partial charge on any atom is 0.420 e. The minimum Gasteiger partial charge on any atom is -0.455 e. The molecule has 2 aliphatic heterocycles. The molecule has 0 saturated carbocycles. The smallest absolute Gasteiger partial charge is 0.420 e. The highest BCUT2D eigenvalue weighted by Crippen LogP contribution is 2.46. The zero-order valence-corrected chi connectivity index (χ0v) is 60.2. The van der Waals surface area contributed by atoms with Gasteiger partial charge in [0.25, 0.3) is 31.9 Å². The Kier molecular flexibility index (Phi) is 21.4. The molecule has 3 N–H and O–H groups in total. The van der Waals surface area contributed by atoms with E-state index in [0.29, 0.717) is 64.1 Å². The molecular formula is C67H72F4N8O14S6. The summed E-state index contributed by atoms with van der Waals surface area (Å²) in [7, 11) is -10.6. The van der Waals surface area contributed by atoms with Gasteiger partial charge in [-0.15, -0.1) is 0 Å². The summed E-state index contributed by atoms with van der Waals surface area (Å²) < 4.78 is 188. The van der Waals surface area contributed by atoms with Crippen LogP contribution in [-0.2, 0) is 44.8 Å². The Bertz CT molecular complexity index is 5290. The van der Waals surface area contributed by atoms with E-state index in [1.807, 2.05) is 0 Å². The molecule has 10 aromatic rings. The number of aromatic nitrogens is 2. The number of rotatable bonds is 14. The highest BCUT2D eigenvalue weighted by Gasteiger charge is 2.40. The average molecular weight is 1480 g/mol. The fourth-order valence-electron chi connectivity index (χ4n) is 12.4. The Morgan fingerprint density at radius 1 is 0.586 bits per heavy atom. The van der Waals surface area contributed by atoms with E-state index in [-0.39, 0.29) is 120 Å². The van der Waals surface area contributed by atoms with Gasteiger partial charge in [-0.3, -0.25) is 18.2 Å². The summed E-state index contributed by atoms with van der Waals surface area (Å²) >= 11 is 0. The Hall–Kier alpha value is -8.37. The second-order valence-corrected chi connectivity index (χ2v) is 32.6. The molecule has 0 spiro atoms. The van der Waals surface area contributed by atoms with Crippen molar-refractivity contribution in [3.8, 4) is 22.6 Å². The van der Waals surface area contributed by atoms with Crippen molar-refractivity contribution >= 4 is 140 Å². The molecular weight excluding hydrogens is 1410 g/mol. The lowest BCUT2D eigenvalue weighted by Crippen LogP contribution is -2.41. The fourth-order valence-corrected chi connectivity index (χ4v) is 16.6. The van der Waals surface area contributed by atoms with Crippen LogP contribution < -0.4 is 19.2 Å². The van der Waals surface area contributed by atoms with Crippen LogP contribution in [0.25, 0.3) is 66.4 Å². The van der Waals surface area contributed by atoms with Gasteiger partial charge in [-0.2, -0.15) is 35.6 Å². The van der Waals surface area contributed by atoms with Crippen molar-refractivity contribution in [3.63, 3.8) is 0 Å². The molecule has 2 fully saturated rings. The number of para-hydroxylation sites is 2. The van der Waals surface area contributed by atoms with Gasteiger partial charge in [0.2, 0.25) is 20.0 Å². The van der Waals surface area contributed by atoms with Crippen molar-refractivity contribution in [2.75, 3.05) is 75.5 Å². The third-order valence-electron chi connectivity index (χ3n) is 17.2. The molecule has 528 valence electrons. The first kappa shape index (κ1) is 74.8. The van der Waals surface area contributed by atoms with Gasteiger partial charge in [0.05, 0.1) is 46.0 Å². The quantitative estimate of drug-likeness (QED) is 0.0854. The summed E-state index contributed by atoms with van der Waals surface area (Å²) in [5, 5.41) is 5.90. The number of benzene rings is 6. The first-order valence-corrected chi connectivity index (χ1v) is 37.0. The van der Waals surface area contributed by atoms with E-state index < -0.39 is 104 Å². The van der Waals surface area contributed by atoms with Crippen molar-refractivity contribution in [1.29, 1.82) is 0 Å². The highest BCUT2D eigenvalue weighted by atomic mass is 32.2. The van der Waals surface area contributed by atoms with E-state index in [1.54, 1.807) is 39.0 Å². The summed E-state index contributed by atoms with van der Waals surface area (Å²) in [6.45, 7) is 4.95. The highest BCUT2D eigenvalue weighted by molar-refractivity contribution is 7.92. The largest absolute Gasteiger partial charge is 0.455 e. The van der Waals surface area contributed by atoms with Crippen LogP contribution in [0.2, 0.25) is 0 Å². The minimum atomic E-state index is -4.49. The lowest BCUT2D eigenvalue weighted by molar-refractivity contribution is 0.0528. The summed E-state index contributed by atoms with van der Waals surface area (Å²) in [4.78, 5) is 42.7. The molecule has 0 aliphatic carbocycles. The number of nitrogens with one attached hydrogen (secondary N) is 3. The number of ether oxygens (including phenoxy) is 1. The molecule has 99 heavy (non-hydrogen) atoms. The molecule has 2 aliphatic rings. The second kappa shape index (κ2) is 28.3. The van der Waals surface area contributed by atoms with E-state index in [4.69, 9.17) is 13.6 Å². The molecule has 4 aromatic heterocycles. The van der Waals surface area contributed by atoms with Gasteiger partial charge in [-0.25, -0.2) is 60.6 Å². The van der Waals surface area contributed by atoms with Gasteiger partial charge in [-0.1, -0.05) is 24.3 Å². The van der Waals surface area contributed by atoms with Crippen LogP contribution in [0.15, 0.2) is 140 Å². The first-order chi connectivity index (χ1) is 45.6. The van der Waals surface area contributed by atoms with Crippen LogP contribution in [0.3, 0.4) is 0 Å². The molecule has 22 nitrogen and oxygen atoms in total. The molecule has 2 amide bonds. The molecule has 0 unspecified atom stereocenters. The number of amides is 2. The average Bonchev–Trinajstić information content (AvgIpc) is 1.66. The summed E-state index contributed by atoms with van der Waals surface area (Å²) in [5.74, 6) is -4.09. The minimum absolute atomic E-state index is 0. The SMILES string of the molecule is CNC(=O)c1c(-c2ccc(F)cc2)oc2cc(N(C)S(C)(=O)=O)c([C@@H]3CCCN(S(=O)(=O)c4cc5cccc(F)c5[nH]4)C3)cc12.CNC(=O)c1c(-c2ccc(F)cc2)oc2cc(N(C)S(C)(=O)=O)c([C@@H]3CCCN(S(=O)(=O)c4cc5cccc(F)c5n4C(=O)OC(C)(C)C)C3)cc12.S.S. The maximum absolute atomic E-state index is 15.2. The van der Waals surface area contributed by atoms with E-state index in [2.05, 4.69) is 15.6 Å². The van der Waals surface area contributed by atoms with Gasteiger partial charge in [0.1, 0.15) is 56.6 Å². The Balaban J connectivity index is 0.000000229. The first-order valence-electron chi connectivity index (χ1n) is 30.5. The predicted octanol–water partition coefficient (Wildman–Crippen LogP) is 11.8. The second-order valence-electron chi connectivity index (χ2n) is 24.8. The van der Waals surface area contributed by atoms with Crippen LogP contribution in [0.4, 0.5) is 33.7 Å².